The highest BCUT2D eigenvalue weighted by atomic mass is 16.2. The second-order valence-corrected chi connectivity index (χ2v) is 4.45. The zero-order valence-electron chi connectivity index (χ0n) is 11.5. The second-order valence-electron chi connectivity index (χ2n) is 4.45. The molecule has 0 heterocycles. The van der Waals surface area contributed by atoms with Crippen LogP contribution in [-0.4, -0.2) is 31.4 Å². The molecule has 4 N–H and O–H groups in total. The molecule has 2 amide bonds. The molecule has 0 aliphatic carbocycles. The third kappa shape index (κ3) is 5.09. The molecule has 5 nitrogen and oxygen atoms in total. The zero-order valence-corrected chi connectivity index (χ0v) is 11.5. The Labute approximate surface area is 113 Å². The van der Waals surface area contributed by atoms with Crippen LogP contribution in [0.4, 0.5) is 0 Å². The van der Waals surface area contributed by atoms with E-state index in [2.05, 4.69) is 36.6 Å². The molecule has 104 valence electrons. The average molecular weight is 263 g/mol. The largest absolute Gasteiger partial charge is 0.354 e. The van der Waals surface area contributed by atoms with Gasteiger partial charge in [0.1, 0.15) is 0 Å². The lowest BCUT2D eigenvalue weighted by Crippen LogP contribution is -2.40. The van der Waals surface area contributed by atoms with Gasteiger partial charge in [-0.15, -0.1) is 0 Å². The molecule has 0 aromatic heterocycles. The van der Waals surface area contributed by atoms with Crippen molar-refractivity contribution in [2.75, 3.05) is 19.6 Å². The Bertz CT molecular complexity index is 438. The van der Waals surface area contributed by atoms with Gasteiger partial charge in [0.25, 0.3) is 0 Å². The van der Waals surface area contributed by atoms with E-state index in [1.807, 2.05) is 6.07 Å². The van der Waals surface area contributed by atoms with Gasteiger partial charge in [-0.05, 0) is 37.0 Å². The summed E-state index contributed by atoms with van der Waals surface area (Å²) in [5.74, 6) is -0.530. The molecule has 0 aliphatic heterocycles. The van der Waals surface area contributed by atoms with Crippen LogP contribution in [0.1, 0.15) is 16.7 Å². The summed E-state index contributed by atoms with van der Waals surface area (Å²) in [7, 11) is 0. The Morgan fingerprint density at radius 3 is 2.32 bits per heavy atom. The van der Waals surface area contributed by atoms with Crippen LogP contribution in [0.5, 0.6) is 0 Å². The Morgan fingerprint density at radius 2 is 1.74 bits per heavy atom. The smallest absolute Gasteiger partial charge is 0.239 e. The van der Waals surface area contributed by atoms with Crippen molar-refractivity contribution in [3.63, 3.8) is 0 Å². The molecule has 0 atom stereocenters. The van der Waals surface area contributed by atoms with Gasteiger partial charge in [-0.25, -0.2) is 0 Å². The number of carbonyl (C=O) groups is 2. The highest BCUT2D eigenvalue weighted by Crippen LogP contribution is 2.13. The zero-order chi connectivity index (χ0) is 14.3. The van der Waals surface area contributed by atoms with Crippen LogP contribution in [0.2, 0.25) is 0 Å². The van der Waals surface area contributed by atoms with Crippen molar-refractivity contribution in [1.82, 2.24) is 10.6 Å². The number of nitrogens with one attached hydrogen (secondary N) is 2. The van der Waals surface area contributed by atoms with Gasteiger partial charge in [0, 0.05) is 6.54 Å². The number of amides is 2. The van der Waals surface area contributed by atoms with Gasteiger partial charge in [-0.2, -0.15) is 0 Å². The van der Waals surface area contributed by atoms with Crippen molar-refractivity contribution >= 4 is 11.8 Å². The van der Waals surface area contributed by atoms with E-state index in [0.717, 1.165) is 6.42 Å². The normalized spacial score (nSPS) is 10.1. The Hall–Kier alpha value is -1.88. The van der Waals surface area contributed by atoms with Crippen molar-refractivity contribution in [3.05, 3.63) is 34.9 Å². The van der Waals surface area contributed by atoms with Gasteiger partial charge >= 0.3 is 0 Å². The predicted octanol–water partition coefficient (Wildman–Crippen LogP) is 0.0370. The maximum absolute atomic E-state index is 11.5. The molecule has 0 fully saturated rings. The first-order chi connectivity index (χ1) is 9.04. The molecule has 1 aromatic rings. The minimum Gasteiger partial charge on any atom is -0.354 e. The molecular formula is C14H21N3O2. The first-order valence-electron chi connectivity index (χ1n) is 6.33. The number of hydrogen-bond acceptors (Lipinski definition) is 3. The van der Waals surface area contributed by atoms with Crippen LogP contribution in [0.3, 0.4) is 0 Å². The maximum atomic E-state index is 11.5. The summed E-state index contributed by atoms with van der Waals surface area (Å²) in [6.45, 7) is 4.55. The van der Waals surface area contributed by atoms with Crippen LogP contribution in [0, 0.1) is 13.8 Å². The minimum absolute atomic E-state index is 0.0250. The fraction of sp³-hybridized carbons (Fsp3) is 0.429. The molecule has 5 heteroatoms. The molecule has 0 bridgehead atoms. The first-order valence-corrected chi connectivity index (χ1v) is 6.33. The highest BCUT2D eigenvalue weighted by molar-refractivity contribution is 5.85. The summed E-state index contributed by atoms with van der Waals surface area (Å²) >= 11 is 0. The van der Waals surface area contributed by atoms with Gasteiger partial charge in [0.15, 0.2) is 0 Å². The number of aryl methyl sites for hydroxylation is 2. The third-order valence-corrected chi connectivity index (χ3v) is 2.97. The van der Waals surface area contributed by atoms with Crippen molar-refractivity contribution in [1.29, 1.82) is 0 Å². The van der Waals surface area contributed by atoms with Crippen LogP contribution >= 0.6 is 0 Å². The van der Waals surface area contributed by atoms with Crippen molar-refractivity contribution < 1.29 is 9.59 Å². The monoisotopic (exact) mass is 263 g/mol. The average Bonchev–Trinajstić information content (AvgIpc) is 2.39. The van der Waals surface area contributed by atoms with E-state index in [0.29, 0.717) is 6.54 Å². The van der Waals surface area contributed by atoms with Gasteiger partial charge in [0.2, 0.25) is 11.8 Å². The van der Waals surface area contributed by atoms with Crippen LogP contribution < -0.4 is 16.4 Å². The molecule has 0 radical (unpaired) electrons. The lowest BCUT2D eigenvalue weighted by Gasteiger charge is -2.10. The maximum Gasteiger partial charge on any atom is 0.239 e. The molecule has 0 unspecified atom stereocenters. The molecule has 0 spiro atoms. The van der Waals surface area contributed by atoms with Crippen LogP contribution in [0.25, 0.3) is 0 Å². The van der Waals surface area contributed by atoms with E-state index >= 15 is 0 Å². The van der Waals surface area contributed by atoms with Crippen molar-refractivity contribution in [3.8, 4) is 0 Å². The molecule has 19 heavy (non-hydrogen) atoms. The number of benzene rings is 1. The van der Waals surface area contributed by atoms with E-state index in [-0.39, 0.29) is 24.9 Å². The molecule has 0 aliphatic rings. The quantitative estimate of drug-likeness (QED) is 0.677. The SMILES string of the molecule is Cc1cccc(C)c1CCNC(=O)CNC(=O)CN. The summed E-state index contributed by atoms with van der Waals surface area (Å²) in [5.41, 5.74) is 8.84. The van der Waals surface area contributed by atoms with E-state index in [4.69, 9.17) is 5.73 Å². The lowest BCUT2D eigenvalue weighted by molar-refractivity contribution is -0.125. The Morgan fingerprint density at radius 1 is 1.11 bits per heavy atom. The Kier molecular flexibility index (Phi) is 6.02. The van der Waals surface area contributed by atoms with Crippen molar-refractivity contribution in [2.45, 2.75) is 20.3 Å². The molecule has 0 saturated carbocycles. The molecular weight excluding hydrogens is 242 g/mol. The van der Waals surface area contributed by atoms with E-state index in [1.54, 1.807) is 0 Å². The lowest BCUT2D eigenvalue weighted by atomic mass is 10.0. The van der Waals surface area contributed by atoms with E-state index in [9.17, 15) is 9.59 Å². The van der Waals surface area contributed by atoms with Crippen LogP contribution in [-0.2, 0) is 16.0 Å². The highest BCUT2D eigenvalue weighted by Gasteiger charge is 2.05. The summed E-state index contributed by atoms with van der Waals surface area (Å²) in [5, 5.41) is 5.20. The van der Waals surface area contributed by atoms with Gasteiger partial charge in [-0.1, -0.05) is 18.2 Å². The summed E-state index contributed by atoms with van der Waals surface area (Å²) in [4.78, 5) is 22.3. The van der Waals surface area contributed by atoms with E-state index < -0.39 is 0 Å². The predicted molar refractivity (Wildman–Crippen MR) is 74.7 cm³/mol. The Balaban J connectivity index is 2.34. The molecule has 0 saturated heterocycles. The number of carbonyl (C=O) groups excluding carboxylic acids is 2. The summed E-state index contributed by atoms with van der Waals surface area (Å²) in [6.07, 6.45) is 0.787. The second kappa shape index (κ2) is 7.53. The first kappa shape index (κ1) is 15.2. The molecule has 1 rings (SSSR count). The van der Waals surface area contributed by atoms with Gasteiger partial charge in [0.05, 0.1) is 13.1 Å². The minimum atomic E-state index is -0.329. The van der Waals surface area contributed by atoms with Gasteiger partial charge < -0.3 is 16.4 Å². The van der Waals surface area contributed by atoms with Crippen molar-refractivity contribution in [2.24, 2.45) is 5.73 Å². The summed E-state index contributed by atoms with van der Waals surface area (Å²) < 4.78 is 0. The fourth-order valence-electron chi connectivity index (χ4n) is 1.88. The van der Waals surface area contributed by atoms with E-state index in [1.165, 1.54) is 16.7 Å². The summed E-state index contributed by atoms with van der Waals surface area (Å²) in [6, 6.07) is 6.15. The number of hydrogen-bond donors (Lipinski definition) is 3. The standard InChI is InChI=1S/C14H21N3O2/c1-10-4-3-5-11(2)12(10)6-7-16-14(19)9-17-13(18)8-15/h3-5H,6-9,15H2,1-2H3,(H,16,19)(H,17,18). The fourth-order valence-corrected chi connectivity index (χ4v) is 1.88. The number of nitrogens with two attached hydrogens (primary N) is 1. The van der Waals surface area contributed by atoms with Crippen LogP contribution in [0.15, 0.2) is 18.2 Å². The molecule has 1 aromatic carbocycles. The van der Waals surface area contributed by atoms with Gasteiger partial charge in [-0.3, -0.25) is 9.59 Å². The third-order valence-electron chi connectivity index (χ3n) is 2.97. The number of rotatable bonds is 6. The topological polar surface area (TPSA) is 84.2 Å².